The Kier molecular flexibility index (Phi) is 3.94. The third kappa shape index (κ3) is 2.99. The summed E-state index contributed by atoms with van der Waals surface area (Å²) in [5, 5.41) is 0. The average molecular weight is 262 g/mol. The maximum Gasteiger partial charge on any atom is 0.251 e. The predicted molar refractivity (Wildman–Crippen MR) is 70.8 cm³/mol. The van der Waals surface area contributed by atoms with Gasteiger partial charge in [-0.25, -0.2) is 9.37 Å². The molecule has 1 aromatic heterocycles. The fraction of sp³-hybridized carbons (Fsp3) is 0.286. The number of nitrogens with zero attached hydrogens (tertiary/aromatic N) is 1. The molecule has 0 aliphatic carbocycles. The number of halogens is 1. The topological polar surface area (TPSA) is 55.0 Å². The van der Waals surface area contributed by atoms with Gasteiger partial charge in [0.05, 0.1) is 12.8 Å². The third-order valence-electron chi connectivity index (χ3n) is 2.71. The number of aromatic nitrogens is 2. The molecule has 0 amide bonds. The van der Waals surface area contributed by atoms with Crippen LogP contribution in [0.4, 0.5) is 4.39 Å². The van der Waals surface area contributed by atoms with E-state index in [9.17, 15) is 9.18 Å². The van der Waals surface area contributed by atoms with Crippen LogP contribution in [0.25, 0.3) is 11.3 Å². The fourth-order valence-corrected chi connectivity index (χ4v) is 1.88. The number of rotatable bonds is 4. The number of benzene rings is 1. The number of aromatic amines is 1. The molecule has 0 fully saturated rings. The lowest BCUT2D eigenvalue weighted by Crippen LogP contribution is -2.11. The zero-order valence-electron chi connectivity index (χ0n) is 10.9. The Morgan fingerprint density at radius 2 is 2.16 bits per heavy atom. The van der Waals surface area contributed by atoms with Crippen LogP contribution in [0.3, 0.4) is 0 Å². The zero-order valence-corrected chi connectivity index (χ0v) is 10.9. The number of methoxy groups -OCH3 is 1. The molecule has 19 heavy (non-hydrogen) atoms. The first-order valence-electron chi connectivity index (χ1n) is 6.08. The van der Waals surface area contributed by atoms with Crippen molar-refractivity contribution in [1.29, 1.82) is 0 Å². The van der Waals surface area contributed by atoms with Gasteiger partial charge in [0, 0.05) is 18.1 Å². The highest BCUT2D eigenvalue weighted by atomic mass is 19.1. The van der Waals surface area contributed by atoms with E-state index in [1.165, 1.54) is 31.4 Å². The number of hydrogen-bond donors (Lipinski definition) is 1. The second kappa shape index (κ2) is 5.65. The van der Waals surface area contributed by atoms with Crippen molar-refractivity contribution in [3.8, 4) is 17.0 Å². The molecule has 5 heteroatoms. The van der Waals surface area contributed by atoms with Crippen LogP contribution in [0.2, 0.25) is 0 Å². The summed E-state index contributed by atoms with van der Waals surface area (Å²) in [4.78, 5) is 18.6. The van der Waals surface area contributed by atoms with E-state index < -0.39 is 5.82 Å². The number of aryl methyl sites for hydroxylation is 1. The quantitative estimate of drug-likeness (QED) is 0.921. The number of ether oxygens (including phenoxy) is 1. The zero-order chi connectivity index (χ0) is 13.8. The van der Waals surface area contributed by atoms with Gasteiger partial charge in [-0.2, -0.15) is 0 Å². The van der Waals surface area contributed by atoms with Crippen LogP contribution in [0.1, 0.15) is 19.2 Å². The van der Waals surface area contributed by atoms with Crippen molar-refractivity contribution in [1.82, 2.24) is 9.97 Å². The van der Waals surface area contributed by atoms with Crippen molar-refractivity contribution in [2.75, 3.05) is 7.11 Å². The van der Waals surface area contributed by atoms with Crippen LogP contribution in [0.5, 0.6) is 5.75 Å². The summed E-state index contributed by atoms with van der Waals surface area (Å²) in [6.45, 7) is 2.00. The van der Waals surface area contributed by atoms with Crippen molar-refractivity contribution < 1.29 is 9.13 Å². The minimum atomic E-state index is -0.394. The van der Waals surface area contributed by atoms with Gasteiger partial charge in [-0.05, 0) is 24.6 Å². The molecule has 1 heterocycles. The van der Waals surface area contributed by atoms with Gasteiger partial charge in [0.25, 0.3) is 5.56 Å². The van der Waals surface area contributed by atoms with E-state index >= 15 is 0 Å². The summed E-state index contributed by atoms with van der Waals surface area (Å²) in [5.74, 6) is 0.688. The van der Waals surface area contributed by atoms with Gasteiger partial charge in [0.2, 0.25) is 0 Å². The summed E-state index contributed by atoms with van der Waals surface area (Å²) in [7, 11) is 1.50. The molecule has 2 aromatic rings. The Hall–Kier alpha value is -2.17. The van der Waals surface area contributed by atoms with E-state index in [0.29, 0.717) is 29.3 Å². The van der Waals surface area contributed by atoms with E-state index in [1.54, 1.807) is 0 Å². The van der Waals surface area contributed by atoms with Crippen LogP contribution in [-0.4, -0.2) is 17.1 Å². The molecule has 0 aliphatic heterocycles. The standard InChI is InChI=1S/C14H15FN2O2/c1-3-4-13-16-11(8-14(18)17-13)10-7-9(15)5-6-12(10)19-2/h5-8H,3-4H2,1-2H3,(H,16,17,18). The Labute approximate surface area is 110 Å². The van der Waals surface area contributed by atoms with Crippen molar-refractivity contribution >= 4 is 0 Å². The molecule has 0 atom stereocenters. The molecule has 0 saturated carbocycles. The molecule has 1 N–H and O–H groups in total. The predicted octanol–water partition coefficient (Wildman–Crippen LogP) is 2.54. The second-order valence-corrected chi connectivity index (χ2v) is 4.17. The Balaban J connectivity index is 2.57. The first kappa shape index (κ1) is 13.3. The summed E-state index contributed by atoms with van der Waals surface area (Å²) >= 11 is 0. The smallest absolute Gasteiger partial charge is 0.251 e. The molecule has 2 rings (SSSR count). The molecule has 1 aromatic carbocycles. The molecule has 0 unspecified atom stereocenters. The van der Waals surface area contributed by atoms with E-state index in [2.05, 4.69) is 9.97 Å². The summed E-state index contributed by atoms with van der Waals surface area (Å²) in [6, 6.07) is 5.49. The lowest BCUT2D eigenvalue weighted by Gasteiger charge is -2.09. The van der Waals surface area contributed by atoms with E-state index in [-0.39, 0.29) is 5.56 Å². The highest BCUT2D eigenvalue weighted by Gasteiger charge is 2.10. The Bertz CT molecular complexity index is 638. The molecule has 0 aliphatic rings. The number of nitrogens with one attached hydrogen (secondary N) is 1. The minimum Gasteiger partial charge on any atom is -0.496 e. The summed E-state index contributed by atoms with van der Waals surface area (Å²) in [6.07, 6.45) is 1.54. The molecule has 4 nitrogen and oxygen atoms in total. The van der Waals surface area contributed by atoms with Gasteiger partial charge in [0.15, 0.2) is 0 Å². The molecular weight excluding hydrogens is 247 g/mol. The summed E-state index contributed by atoms with van der Waals surface area (Å²) in [5.41, 5.74) is 0.647. The molecule has 0 bridgehead atoms. The Morgan fingerprint density at radius 3 is 2.84 bits per heavy atom. The van der Waals surface area contributed by atoms with Crippen LogP contribution in [0.15, 0.2) is 29.1 Å². The molecule has 0 radical (unpaired) electrons. The SMILES string of the molecule is CCCc1nc(-c2cc(F)ccc2OC)cc(=O)[nH]1. The van der Waals surface area contributed by atoms with E-state index in [1.807, 2.05) is 6.92 Å². The van der Waals surface area contributed by atoms with E-state index in [4.69, 9.17) is 4.74 Å². The van der Waals surface area contributed by atoms with Crippen molar-refractivity contribution in [3.05, 3.63) is 46.3 Å². The van der Waals surface area contributed by atoms with Gasteiger partial charge in [-0.3, -0.25) is 4.79 Å². The van der Waals surface area contributed by atoms with Crippen molar-refractivity contribution in [3.63, 3.8) is 0 Å². The van der Waals surface area contributed by atoms with Crippen LogP contribution < -0.4 is 10.3 Å². The lowest BCUT2D eigenvalue weighted by atomic mass is 10.1. The first-order chi connectivity index (χ1) is 9.13. The van der Waals surface area contributed by atoms with Gasteiger partial charge < -0.3 is 9.72 Å². The minimum absolute atomic E-state index is 0.250. The Morgan fingerprint density at radius 1 is 1.37 bits per heavy atom. The normalized spacial score (nSPS) is 10.5. The van der Waals surface area contributed by atoms with Gasteiger partial charge >= 0.3 is 0 Å². The van der Waals surface area contributed by atoms with Crippen molar-refractivity contribution in [2.24, 2.45) is 0 Å². The van der Waals surface area contributed by atoms with E-state index in [0.717, 1.165) is 6.42 Å². The molecule has 100 valence electrons. The molecular formula is C14H15FN2O2. The maximum absolute atomic E-state index is 13.3. The van der Waals surface area contributed by atoms with Crippen molar-refractivity contribution in [2.45, 2.75) is 19.8 Å². The second-order valence-electron chi connectivity index (χ2n) is 4.17. The lowest BCUT2D eigenvalue weighted by molar-refractivity contribution is 0.415. The molecule has 0 spiro atoms. The van der Waals surface area contributed by atoms with Gasteiger partial charge in [-0.1, -0.05) is 6.92 Å². The molecule has 0 saturated heterocycles. The number of H-pyrrole nitrogens is 1. The highest BCUT2D eigenvalue weighted by Crippen LogP contribution is 2.28. The van der Waals surface area contributed by atoms with Gasteiger partial charge in [-0.15, -0.1) is 0 Å². The fourth-order valence-electron chi connectivity index (χ4n) is 1.88. The van der Waals surface area contributed by atoms with Crippen LogP contribution in [0, 0.1) is 5.82 Å². The summed E-state index contributed by atoms with van der Waals surface area (Å²) < 4.78 is 18.5. The van der Waals surface area contributed by atoms with Crippen LogP contribution in [-0.2, 0) is 6.42 Å². The number of hydrogen-bond acceptors (Lipinski definition) is 3. The maximum atomic E-state index is 13.3. The third-order valence-corrected chi connectivity index (χ3v) is 2.71. The van der Waals surface area contributed by atoms with Gasteiger partial charge in [0.1, 0.15) is 17.4 Å². The van der Waals surface area contributed by atoms with Crippen LogP contribution >= 0.6 is 0 Å². The largest absolute Gasteiger partial charge is 0.496 e. The monoisotopic (exact) mass is 262 g/mol. The highest BCUT2D eigenvalue weighted by molar-refractivity contribution is 5.66. The average Bonchev–Trinajstić information content (AvgIpc) is 2.38. The first-order valence-corrected chi connectivity index (χ1v) is 6.08.